The second kappa shape index (κ2) is 11.8. The van der Waals surface area contributed by atoms with Crippen LogP contribution in [0.2, 0.25) is 10.3 Å². The summed E-state index contributed by atoms with van der Waals surface area (Å²) in [6.07, 6.45) is 14.9. The number of aryl methyl sites for hydroxylation is 2. The topological polar surface area (TPSA) is 8.81 Å². The van der Waals surface area contributed by atoms with Crippen molar-refractivity contribution in [2.45, 2.75) is 84.6 Å². The fraction of sp³-hybridized carbons (Fsp3) is 0.500. The summed E-state index contributed by atoms with van der Waals surface area (Å²) in [4.78, 5) is 0. The fourth-order valence-corrected chi connectivity index (χ4v) is 4.69. The molecule has 0 aliphatic carbocycles. The predicted octanol–water partition coefficient (Wildman–Crippen LogP) is 8.32. The van der Waals surface area contributed by atoms with E-state index in [1.165, 1.54) is 67.7 Å². The van der Waals surface area contributed by atoms with E-state index >= 15 is 0 Å². The normalized spacial score (nSPS) is 11.5. The van der Waals surface area contributed by atoms with Gasteiger partial charge in [-0.15, -0.1) is 0 Å². The van der Waals surface area contributed by atoms with Gasteiger partial charge in [-0.1, -0.05) is 95.2 Å². The van der Waals surface area contributed by atoms with E-state index in [1.54, 1.807) is 0 Å². The smallest absolute Gasteiger partial charge is 0.219 e. The molecule has 30 heavy (non-hydrogen) atoms. The first kappa shape index (κ1) is 23.2. The van der Waals surface area contributed by atoms with Gasteiger partial charge < -0.3 is 0 Å². The highest BCUT2D eigenvalue weighted by Crippen LogP contribution is 2.31. The first-order valence-corrected chi connectivity index (χ1v) is 12.4. The van der Waals surface area contributed by atoms with Gasteiger partial charge >= 0.3 is 0 Å². The first-order valence-electron chi connectivity index (χ1n) is 11.6. The Labute approximate surface area is 191 Å². The van der Waals surface area contributed by atoms with Crippen molar-refractivity contribution in [2.24, 2.45) is 0 Å². The molecule has 0 atom stereocenters. The highest BCUT2D eigenvalue weighted by atomic mass is 35.5. The van der Waals surface area contributed by atoms with Crippen molar-refractivity contribution in [2.75, 3.05) is 0 Å². The summed E-state index contributed by atoms with van der Waals surface area (Å²) in [5.74, 6) is 0. The van der Waals surface area contributed by atoms with Crippen LogP contribution in [-0.4, -0.2) is 4.57 Å². The molecule has 2 nitrogen and oxygen atoms in total. The molecule has 0 aliphatic heterocycles. The maximum atomic E-state index is 6.71. The van der Waals surface area contributed by atoms with E-state index in [0.717, 1.165) is 25.1 Å². The third-order valence-electron chi connectivity index (χ3n) is 6.00. The summed E-state index contributed by atoms with van der Waals surface area (Å²) in [6.45, 7) is 5.36. The van der Waals surface area contributed by atoms with Crippen LogP contribution in [0.5, 0.6) is 0 Å². The van der Waals surface area contributed by atoms with Crippen molar-refractivity contribution in [3.05, 3.63) is 58.6 Å². The zero-order valence-electron chi connectivity index (χ0n) is 18.5. The monoisotopic (exact) mass is 445 g/mol. The summed E-state index contributed by atoms with van der Waals surface area (Å²) >= 11 is 13.3. The number of hydrogen-bond acceptors (Lipinski definition) is 0. The van der Waals surface area contributed by atoms with Gasteiger partial charge in [0.05, 0.1) is 6.54 Å². The molecule has 0 aliphatic rings. The van der Waals surface area contributed by atoms with Crippen LogP contribution in [0.25, 0.3) is 16.5 Å². The van der Waals surface area contributed by atoms with Crippen molar-refractivity contribution < 1.29 is 4.57 Å². The van der Waals surface area contributed by atoms with Crippen LogP contribution in [0.4, 0.5) is 0 Å². The van der Waals surface area contributed by atoms with Gasteiger partial charge in [-0.05, 0) is 53.4 Å². The van der Waals surface area contributed by atoms with Gasteiger partial charge in [0.1, 0.15) is 5.69 Å². The highest BCUT2D eigenvalue weighted by Gasteiger charge is 2.24. The van der Waals surface area contributed by atoms with Crippen LogP contribution in [0, 0.1) is 0 Å². The van der Waals surface area contributed by atoms with Crippen LogP contribution in [0.1, 0.15) is 77.2 Å². The Kier molecular flexibility index (Phi) is 9.08. The lowest BCUT2D eigenvalue weighted by molar-refractivity contribution is -0.694. The second-order valence-corrected chi connectivity index (χ2v) is 8.95. The number of hydrogen-bond donors (Lipinski definition) is 0. The van der Waals surface area contributed by atoms with Crippen molar-refractivity contribution in [1.82, 2.24) is 4.57 Å². The first-order chi connectivity index (χ1) is 14.7. The van der Waals surface area contributed by atoms with Gasteiger partial charge in [0.2, 0.25) is 0 Å². The number of aromatic nitrogens is 2. The van der Waals surface area contributed by atoms with Crippen LogP contribution in [-0.2, 0) is 13.0 Å². The van der Waals surface area contributed by atoms with Gasteiger partial charge in [-0.25, -0.2) is 4.57 Å². The largest absolute Gasteiger partial charge is 0.260 e. The second-order valence-electron chi connectivity index (χ2n) is 8.24. The van der Waals surface area contributed by atoms with Gasteiger partial charge in [0.15, 0.2) is 0 Å². The number of unbranched alkanes of at least 4 members (excludes halogenated alkanes) is 8. The van der Waals surface area contributed by atoms with Gasteiger partial charge in [0, 0.05) is 5.39 Å². The molecule has 0 saturated heterocycles. The van der Waals surface area contributed by atoms with E-state index < -0.39 is 0 Å². The predicted molar refractivity (Wildman–Crippen MR) is 130 cm³/mol. The zero-order chi connectivity index (χ0) is 21.3. The average Bonchev–Trinajstić information content (AvgIpc) is 3.05. The van der Waals surface area contributed by atoms with Crippen LogP contribution < -0.4 is 4.57 Å². The molecule has 0 saturated carbocycles. The minimum absolute atomic E-state index is 0.596. The molecular weight excluding hydrogens is 411 g/mol. The lowest BCUT2D eigenvalue weighted by Gasteiger charge is -2.09. The molecule has 162 valence electrons. The van der Waals surface area contributed by atoms with Gasteiger partial charge in [-0.2, -0.15) is 4.57 Å². The van der Waals surface area contributed by atoms with Crippen molar-refractivity contribution in [1.29, 1.82) is 0 Å². The summed E-state index contributed by atoms with van der Waals surface area (Å²) in [6, 6.07) is 12.9. The molecule has 1 heterocycles. The quantitative estimate of drug-likeness (QED) is 0.195. The molecule has 3 aromatic rings. The minimum Gasteiger partial charge on any atom is -0.219 e. The third-order valence-corrected chi connectivity index (χ3v) is 6.85. The number of benzene rings is 2. The Morgan fingerprint density at radius 1 is 0.800 bits per heavy atom. The maximum absolute atomic E-state index is 6.71. The Morgan fingerprint density at radius 2 is 1.47 bits per heavy atom. The number of halogens is 2. The fourth-order valence-electron chi connectivity index (χ4n) is 4.23. The Balaban J connectivity index is 1.67. The van der Waals surface area contributed by atoms with Crippen LogP contribution >= 0.6 is 23.2 Å². The summed E-state index contributed by atoms with van der Waals surface area (Å²) in [5.41, 5.74) is 2.42. The summed E-state index contributed by atoms with van der Waals surface area (Å²) in [5, 5.41) is 3.65. The number of imidazole rings is 1. The van der Waals surface area contributed by atoms with Crippen molar-refractivity contribution in [3.63, 3.8) is 0 Å². The number of nitrogens with zero attached hydrogens (tertiary/aromatic N) is 2. The Bertz CT molecular complexity index is 946. The van der Waals surface area contributed by atoms with Crippen LogP contribution in [0.3, 0.4) is 0 Å². The lowest BCUT2D eigenvalue weighted by Crippen LogP contribution is -2.32. The summed E-state index contributed by atoms with van der Waals surface area (Å²) < 4.78 is 4.17. The van der Waals surface area contributed by atoms with Gasteiger partial charge in [0.25, 0.3) is 16.6 Å². The zero-order valence-corrected chi connectivity index (χ0v) is 20.0. The standard InChI is InChI=1S/C26H35Cl2N2/c1-3-5-6-7-8-9-10-11-14-19-29-20-30(26(28)25(29)27)24-21(4-2)17-18-22-15-12-13-16-23(22)24/h12-13,15-18,20H,3-11,14,19H2,1-2H3/q+1. The summed E-state index contributed by atoms with van der Waals surface area (Å²) in [7, 11) is 0. The molecule has 2 aromatic carbocycles. The van der Waals surface area contributed by atoms with Gasteiger partial charge in [-0.3, -0.25) is 0 Å². The van der Waals surface area contributed by atoms with E-state index in [-0.39, 0.29) is 0 Å². The molecule has 0 bridgehead atoms. The average molecular weight is 446 g/mol. The number of rotatable bonds is 12. The molecule has 0 unspecified atom stereocenters. The molecular formula is C26H35Cl2N2+. The molecule has 1 aromatic heterocycles. The maximum Gasteiger partial charge on any atom is 0.260 e. The van der Waals surface area contributed by atoms with Crippen molar-refractivity contribution in [3.8, 4) is 5.69 Å². The minimum atomic E-state index is 0.596. The molecule has 3 rings (SSSR count). The molecule has 4 heteroatoms. The van der Waals surface area contributed by atoms with E-state index in [0.29, 0.717) is 10.3 Å². The van der Waals surface area contributed by atoms with E-state index in [1.807, 2.05) is 0 Å². The molecule has 0 fully saturated rings. The van der Waals surface area contributed by atoms with Crippen LogP contribution in [0.15, 0.2) is 42.7 Å². The van der Waals surface area contributed by atoms with E-state index in [9.17, 15) is 0 Å². The highest BCUT2D eigenvalue weighted by molar-refractivity contribution is 6.40. The third kappa shape index (κ3) is 5.59. The van der Waals surface area contributed by atoms with E-state index in [4.69, 9.17) is 23.2 Å². The lowest BCUT2D eigenvalue weighted by atomic mass is 10.0. The Hall–Kier alpha value is -1.51. The molecule has 0 spiro atoms. The molecule has 0 N–H and O–H groups in total. The number of fused-ring (bicyclic) bond motifs is 1. The van der Waals surface area contributed by atoms with Crippen molar-refractivity contribution >= 4 is 34.0 Å². The Morgan fingerprint density at radius 3 is 2.17 bits per heavy atom. The molecule has 0 radical (unpaired) electrons. The van der Waals surface area contributed by atoms with E-state index in [2.05, 4.69) is 65.7 Å². The molecule has 0 amide bonds. The SMILES string of the molecule is CCCCCCCCCCC[n+]1cn(-c2c(CC)ccc3ccccc23)c(Cl)c1Cl.